The van der Waals surface area contributed by atoms with Crippen LogP contribution in [0.5, 0.6) is 0 Å². The number of carbonyl (C=O) groups excluding carboxylic acids is 2. The predicted molar refractivity (Wildman–Crippen MR) is 67.2 cm³/mol. The van der Waals surface area contributed by atoms with Gasteiger partial charge < -0.3 is 14.3 Å². The van der Waals surface area contributed by atoms with E-state index in [1.807, 2.05) is 34.6 Å². The molecule has 0 N–H and O–H groups in total. The first-order valence-corrected chi connectivity index (χ1v) is 6.27. The number of rotatable bonds is 3. The van der Waals surface area contributed by atoms with Gasteiger partial charge in [0.25, 0.3) is 0 Å². The van der Waals surface area contributed by atoms with Crippen LogP contribution in [0.3, 0.4) is 0 Å². The van der Waals surface area contributed by atoms with E-state index in [2.05, 4.69) is 0 Å². The molecule has 1 aliphatic heterocycles. The smallest absolute Gasteiger partial charge is 0.412 e. The third-order valence-corrected chi connectivity index (χ3v) is 2.78. The number of hydrogen-bond acceptors (Lipinski definition) is 4. The zero-order chi connectivity index (χ0) is 14.0. The Labute approximate surface area is 108 Å². The van der Waals surface area contributed by atoms with Crippen LogP contribution in [-0.4, -0.2) is 41.3 Å². The average Bonchev–Trinajstić information content (AvgIpc) is 2.48. The average molecular weight is 257 g/mol. The lowest BCUT2D eigenvalue weighted by Crippen LogP contribution is -2.49. The largest absolute Gasteiger partial charge is 0.444 e. The van der Waals surface area contributed by atoms with Gasteiger partial charge in [-0.05, 0) is 41.0 Å². The molecule has 1 aliphatic rings. The van der Waals surface area contributed by atoms with Crippen molar-refractivity contribution in [2.75, 3.05) is 6.61 Å². The third kappa shape index (κ3) is 3.70. The van der Waals surface area contributed by atoms with Crippen LogP contribution < -0.4 is 0 Å². The number of amides is 1. The van der Waals surface area contributed by atoms with Gasteiger partial charge in [0.05, 0.1) is 12.6 Å². The summed E-state index contributed by atoms with van der Waals surface area (Å²) in [5.74, 6) is 0. The molecule has 1 amide bonds. The predicted octanol–water partition coefficient (Wildman–Crippen LogP) is 2.34. The standard InChI is InChI=1S/C13H23NO4/c1-12(2,3)18-11(16)14-10(7-6-8-15)9-17-13(14,4)5/h8,10H,6-7,9H2,1-5H3/t10-/m1/s1. The van der Waals surface area contributed by atoms with E-state index in [1.54, 1.807) is 4.90 Å². The summed E-state index contributed by atoms with van der Waals surface area (Å²) in [5, 5.41) is 0. The lowest BCUT2D eigenvalue weighted by molar-refractivity contribution is -0.108. The quantitative estimate of drug-likeness (QED) is 0.728. The molecule has 0 saturated carbocycles. The Balaban J connectivity index is 2.78. The van der Waals surface area contributed by atoms with Crippen molar-refractivity contribution in [3.63, 3.8) is 0 Å². The Hall–Kier alpha value is -1.10. The Kier molecular flexibility index (Phi) is 4.37. The second-order valence-electron chi connectivity index (χ2n) is 6.01. The van der Waals surface area contributed by atoms with Gasteiger partial charge in [-0.25, -0.2) is 4.79 Å². The van der Waals surface area contributed by atoms with Gasteiger partial charge >= 0.3 is 6.09 Å². The van der Waals surface area contributed by atoms with E-state index in [9.17, 15) is 9.59 Å². The van der Waals surface area contributed by atoms with E-state index in [0.29, 0.717) is 19.4 Å². The fourth-order valence-electron chi connectivity index (χ4n) is 2.04. The summed E-state index contributed by atoms with van der Waals surface area (Å²) in [6, 6.07) is -0.0972. The highest BCUT2D eigenvalue weighted by Crippen LogP contribution is 2.31. The molecule has 0 spiro atoms. The van der Waals surface area contributed by atoms with Crippen LogP contribution in [-0.2, 0) is 14.3 Å². The summed E-state index contributed by atoms with van der Waals surface area (Å²) in [7, 11) is 0. The number of carbonyl (C=O) groups is 2. The molecular weight excluding hydrogens is 234 g/mol. The highest BCUT2D eigenvalue weighted by atomic mass is 16.6. The normalized spacial score (nSPS) is 22.9. The summed E-state index contributed by atoms with van der Waals surface area (Å²) in [6.07, 6.45) is 1.50. The summed E-state index contributed by atoms with van der Waals surface area (Å²) in [5.41, 5.74) is -1.22. The van der Waals surface area contributed by atoms with Gasteiger partial charge in [0.15, 0.2) is 0 Å². The summed E-state index contributed by atoms with van der Waals surface area (Å²) >= 11 is 0. The molecule has 1 fully saturated rings. The maximum atomic E-state index is 12.2. The minimum Gasteiger partial charge on any atom is -0.444 e. The van der Waals surface area contributed by atoms with Crippen LogP contribution >= 0.6 is 0 Å². The molecule has 1 rings (SSSR count). The molecule has 104 valence electrons. The Morgan fingerprint density at radius 2 is 2.11 bits per heavy atom. The van der Waals surface area contributed by atoms with Gasteiger partial charge in [-0.15, -0.1) is 0 Å². The van der Waals surface area contributed by atoms with Crippen molar-refractivity contribution < 1.29 is 19.1 Å². The number of nitrogens with zero attached hydrogens (tertiary/aromatic N) is 1. The van der Waals surface area contributed by atoms with Gasteiger partial charge in [0.1, 0.15) is 17.6 Å². The number of aldehydes is 1. The van der Waals surface area contributed by atoms with Crippen LogP contribution in [0.25, 0.3) is 0 Å². The van der Waals surface area contributed by atoms with Gasteiger partial charge in [0.2, 0.25) is 0 Å². The van der Waals surface area contributed by atoms with Crippen molar-refractivity contribution in [1.82, 2.24) is 4.90 Å². The molecular formula is C13H23NO4. The molecule has 0 unspecified atom stereocenters. The lowest BCUT2D eigenvalue weighted by atomic mass is 10.1. The molecule has 0 aromatic heterocycles. The number of hydrogen-bond donors (Lipinski definition) is 0. The van der Waals surface area contributed by atoms with Crippen molar-refractivity contribution in [3.8, 4) is 0 Å². The molecule has 1 atom stereocenters. The van der Waals surface area contributed by atoms with E-state index >= 15 is 0 Å². The molecule has 0 aromatic carbocycles. The van der Waals surface area contributed by atoms with Crippen LogP contribution in [0.2, 0.25) is 0 Å². The molecule has 5 heteroatoms. The Morgan fingerprint density at radius 1 is 1.50 bits per heavy atom. The topological polar surface area (TPSA) is 55.8 Å². The summed E-state index contributed by atoms with van der Waals surface area (Å²) in [4.78, 5) is 24.2. The van der Waals surface area contributed by atoms with E-state index in [-0.39, 0.29) is 12.1 Å². The fourth-order valence-corrected chi connectivity index (χ4v) is 2.04. The first kappa shape index (κ1) is 15.0. The maximum absolute atomic E-state index is 12.2. The van der Waals surface area contributed by atoms with Gasteiger partial charge in [0, 0.05) is 6.42 Å². The summed E-state index contributed by atoms with van der Waals surface area (Å²) < 4.78 is 11.0. The minimum atomic E-state index is -0.685. The highest BCUT2D eigenvalue weighted by molar-refractivity contribution is 5.69. The van der Waals surface area contributed by atoms with E-state index < -0.39 is 11.3 Å². The van der Waals surface area contributed by atoms with Crippen LogP contribution in [0.15, 0.2) is 0 Å². The monoisotopic (exact) mass is 257 g/mol. The van der Waals surface area contributed by atoms with Crippen LogP contribution in [0.4, 0.5) is 4.79 Å². The minimum absolute atomic E-state index is 0.0972. The fraction of sp³-hybridized carbons (Fsp3) is 0.846. The van der Waals surface area contributed by atoms with Gasteiger partial charge in [-0.3, -0.25) is 4.90 Å². The van der Waals surface area contributed by atoms with Crippen molar-refractivity contribution in [3.05, 3.63) is 0 Å². The summed E-state index contributed by atoms with van der Waals surface area (Å²) in [6.45, 7) is 9.59. The SMILES string of the molecule is CC(C)(C)OC(=O)N1[C@H](CCC=O)COC1(C)C. The number of ether oxygens (including phenoxy) is 2. The molecule has 1 heterocycles. The first-order chi connectivity index (χ1) is 8.17. The second-order valence-corrected chi connectivity index (χ2v) is 6.01. The van der Waals surface area contributed by atoms with Crippen molar-refractivity contribution in [1.29, 1.82) is 0 Å². The van der Waals surface area contributed by atoms with E-state index in [0.717, 1.165) is 6.29 Å². The molecule has 0 radical (unpaired) electrons. The van der Waals surface area contributed by atoms with Crippen molar-refractivity contribution >= 4 is 12.4 Å². The highest BCUT2D eigenvalue weighted by Gasteiger charge is 2.45. The molecule has 5 nitrogen and oxygen atoms in total. The Bertz CT molecular complexity index is 319. The van der Waals surface area contributed by atoms with Crippen LogP contribution in [0, 0.1) is 0 Å². The van der Waals surface area contributed by atoms with Crippen molar-refractivity contribution in [2.24, 2.45) is 0 Å². The molecule has 0 aliphatic carbocycles. The maximum Gasteiger partial charge on any atom is 0.412 e. The second kappa shape index (κ2) is 5.26. The molecule has 1 saturated heterocycles. The zero-order valence-corrected chi connectivity index (χ0v) is 11.9. The van der Waals surface area contributed by atoms with E-state index in [1.165, 1.54) is 0 Å². The first-order valence-electron chi connectivity index (χ1n) is 6.27. The van der Waals surface area contributed by atoms with Gasteiger partial charge in [-0.2, -0.15) is 0 Å². The molecule has 0 bridgehead atoms. The lowest BCUT2D eigenvalue weighted by Gasteiger charge is -2.35. The molecule has 18 heavy (non-hydrogen) atoms. The van der Waals surface area contributed by atoms with Gasteiger partial charge in [-0.1, -0.05) is 0 Å². The Morgan fingerprint density at radius 3 is 2.61 bits per heavy atom. The molecule has 0 aromatic rings. The third-order valence-electron chi connectivity index (χ3n) is 2.78. The van der Waals surface area contributed by atoms with Crippen molar-refractivity contribution in [2.45, 2.75) is 64.8 Å². The van der Waals surface area contributed by atoms with Crippen LogP contribution in [0.1, 0.15) is 47.5 Å². The van der Waals surface area contributed by atoms with E-state index in [4.69, 9.17) is 9.47 Å². The zero-order valence-electron chi connectivity index (χ0n) is 11.9.